The number of para-hydroxylation sites is 1. The molecule has 24 heavy (non-hydrogen) atoms. The topological polar surface area (TPSA) is 17.8 Å². The number of rotatable bonds is 1. The molecule has 1 heterocycles. The van der Waals surface area contributed by atoms with Gasteiger partial charge in [-0.1, -0.05) is 54.1 Å². The van der Waals surface area contributed by atoms with Crippen LogP contribution in [0.3, 0.4) is 0 Å². The van der Waals surface area contributed by atoms with Gasteiger partial charge in [-0.2, -0.15) is 0 Å². The van der Waals surface area contributed by atoms with E-state index in [4.69, 9.17) is 11.6 Å². The van der Waals surface area contributed by atoms with Crippen LogP contribution in [0.25, 0.3) is 38.3 Å². The van der Waals surface area contributed by atoms with Gasteiger partial charge in [0.05, 0.1) is 11.0 Å². The maximum absolute atomic E-state index is 6.18. The summed E-state index contributed by atoms with van der Waals surface area (Å²) in [7, 11) is 0. The minimum Gasteiger partial charge on any atom is -0.298 e. The van der Waals surface area contributed by atoms with E-state index in [0.29, 0.717) is 0 Å². The van der Waals surface area contributed by atoms with E-state index < -0.39 is 0 Å². The second kappa shape index (κ2) is 5.08. The Balaban J connectivity index is 2.00. The monoisotopic (exact) mass is 328 g/mol. The van der Waals surface area contributed by atoms with Gasteiger partial charge in [0, 0.05) is 16.1 Å². The number of fused-ring (bicyclic) bond motifs is 5. The van der Waals surface area contributed by atoms with Crippen molar-refractivity contribution in [2.75, 3.05) is 0 Å². The molecule has 0 atom stereocenters. The van der Waals surface area contributed by atoms with E-state index in [1.807, 2.05) is 36.7 Å². The maximum atomic E-state index is 6.18. The molecule has 0 N–H and O–H groups in total. The van der Waals surface area contributed by atoms with Crippen molar-refractivity contribution in [1.29, 1.82) is 0 Å². The summed E-state index contributed by atoms with van der Waals surface area (Å²) >= 11 is 6.18. The number of hydrogen-bond donors (Lipinski definition) is 0. The van der Waals surface area contributed by atoms with Gasteiger partial charge in [0.1, 0.15) is 6.33 Å². The molecule has 0 radical (unpaired) electrons. The highest BCUT2D eigenvalue weighted by atomic mass is 35.5. The van der Waals surface area contributed by atoms with Gasteiger partial charge in [0.15, 0.2) is 0 Å². The number of imidazole rings is 1. The highest BCUT2D eigenvalue weighted by Crippen LogP contribution is 2.34. The number of benzene rings is 4. The summed E-state index contributed by atoms with van der Waals surface area (Å²) in [5, 5.41) is 5.51. The smallest absolute Gasteiger partial charge is 0.100 e. The van der Waals surface area contributed by atoms with Gasteiger partial charge < -0.3 is 0 Å². The maximum Gasteiger partial charge on any atom is 0.100 e. The Kier molecular flexibility index (Phi) is 2.88. The summed E-state index contributed by atoms with van der Waals surface area (Å²) in [5.74, 6) is 0. The third kappa shape index (κ3) is 1.93. The molecule has 5 rings (SSSR count). The quantitative estimate of drug-likeness (QED) is 0.346. The highest BCUT2D eigenvalue weighted by molar-refractivity contribution is 6.32. The van der Waals surface area contributed by atoms with Crippen LogP contribution < -0.4 is 0 Å². The molecular formula is C21H13ClN2. The van der Waals surface area contributed by atoms with Crippen LogP contribution in [-0.4, -0.2) is 9.55 Å². The number of hydrogen-bond acceptors (Lipinski definition) is 1. The molecule has 114 valence electrons. The van der Waals surface area contributed by atoms with Crippen LogP contribution in [0.2, 0.25) is 5.02 Å². The lowest BCUT2D eigenvalue weighted by atomic mass is 10.0. The molecule has 3 heteroatoms. The van der Waals surface area contributed by atoms with Crippen LogP contribution in [0.1, 0.15) is 0 Å². The van der Waals surface area contributed by atoms with Gasteiger partial charge in [-0.15, -0.1) is 0 Å². The fourth-order valence-electron chi connectivity index (χ4n) is 3.41. The fraction of sp³-hybridized carbons (Fsp3) is 0. The first kappa shape index (κ1) is 13.6. The van der Waals surface area contributed by atoms with E-state index in [1.165, 1.54) is 16.2 Å². The lowest BCUT2D eigenvalue weighted by Crippen LogP contribution is -1.92. The molecule has 0 spiro atoms. The van der Waals surface area contributed by atoms with Crippen molar-refractivity contribution >= 4 is 44.2 Å². The molecule has 0 saturated carbocycles. The standard InChI is InChI=1S/C21H13ClN2/c22-16-9-10-18-15(12-16)7-6-14-8-11-19-21(20(14)18)24(13-23-19)17-4-2-1-3-5-17/h1-13H. The van der Waals surface area contributed by atoms with E-state index in [9.17, 15) is 0 Å². The molecule has 0 amide bonds. The van der Waals surface area contributed by atoms with Gasteiger partial charge in [-0.25, -0.2) is 4.98 Å². The van der Waals surface area contributed by atoms with E-state index in [-0.39, 0.29) is 0 Å². The summed E-state index contributed by atoms with van der Waals surface area (Å²) in [6, 6.07) is 24.9. The Morgan fingerprint density at radius 1 is 0.792 bits per heavy atom. The highest BCUT2D eigenvalue weighted by Gasteiger charge is 2.11. The fourth-order valence-corrected chi connectivity index (χ4v) is 3.59. The molecule has 0 saturated heterocycles. The van der Waals surface area contributed by atoms with E-state index >= 15 is 0 Å². The largest absolute Gasteiger partial charge is 0.298 e. The molecule has 0 aliphatic rings. The lowest BCUT2D eigenvalue weighted by molar-refractivity contribution is 1.10. The summed E-state index contributed by atoms with van der Waals surface area (Å²) in [4.78, 5) is 4.61. The first-order valence-corrected chi connectivity index (χ1v) is 8.22. The molecule has 0 aliphatic carbocycles. The molecule has 0 aliphatic heterocycles. The Morgan fingerprint density at radius 3 is 2.46 bits per heavy atom. The van der Waals surface area contributed by atoms with E-state index in [0.717, 1.165) is 27.1 Å². The van der Waals surface area contributed by atoms with Crippen LogP contribution in [0, 0.1) is 0 Å². The van der Waals surface area contributed by atoms with Crippen molar-refractivity contribution in [3.05, 3.63) is 84.1 Å². The van der Waals surface area contributed by atoms with Gasteiger partial charge in [-0.3, -0.25) is 4.57 Å². The minimum atomic E-state index is 0.755. The molecule has 4 aromatic carbocycles. The van der Waals surface area contributed by atoms with Gasteiger partial charge in [0.25, 0.3) is 0 Å². The Labute approximate surface area is 143 Å². The van der Waals surface area contributed by atoms with Crippen LogP contribution in [-0.2, 0) is 0 Å². The lowest BCUT2D eigenvalue weighted by Gasteiger charge is -2.10. The van der Waals surface area contributed by atoms with Crippen LogP contribution in [0.15, 0.2) is 79.1 Å². The first-order valence-electron chi connectivity index (χ1n) is 7.85. The summed E-state index contributed by atoms with van der Waals surface area (Å²) in [5.41, 5.74) is 3.24. The third-order valence-electron chi connectivity index (χ3n) is 4.50. The van der Waals surface area contributed by atoms with Crippen LogP contribution in [0.4, 0.5) is 0 Å². The predicted molar refractivity (Wildman–Crippen MR) is 101 cm³/mol. The SMILES string of the molecule is Clc1ccc2c(ccc3ccc4ncn(-c5ccccc5)c4c32)c1. The number of halogens is 1. The average Bonchev–Trinajstić information content (AvgIpc) is 3.06. The summed E-state index contributed by atoms with van der Waals surface area (Å²) < 4.78 is 2.16. The van der Waals surface area contributed by atoms with E-state index in [2.05, 4.69) is 52.0 Å². The van der Waals surface area contributed by atoms with Gasteiger partial charge in [0.2, 0.25) is 0 Å². The Bertz CT molecular complexity index is 1210. The van der Waals surface area contributed by atoms with Crippen molar-refractivity contribution in [1.82, 2.24) is 9.55 Å². The van der Waals surface area contributed by atoms with Crippen molar-refractivity contribution in [3.8, 4) is 5.69 Å². The Morgan fingerprint density at radius 2 is 1.58 bits per heavy atom. The number of nitrogens with zero attached hydrogens (tertiary/aromatic N) is 2. The predicted octanol–water partition coefficient (Wildman–Crippen LogP) is 5.99. The van der Waals surface area contributed by atoms with Crippen LogP contribution >= 0.6 is 11.6 Å². The van der Waals surface area contributed by atoms with E-state index in [1.54, 1.807) is 0 Å². The van der Waals surface area contributed by atoms with Crippen molar-refractivity contribution in [2.45, 2.75) is 0 Å². The molecule has 1 aromatic heterocycles. The molecule has 5 aromatic rings. The zero-order chi connectivity index (χ0) is 16.1. The Hall–Kier alpha value is -2.84. The van der Waals surface area contributed by atoms with Crippen LogP contribution in [0.5, 0.6) is 0 Å². The molecule has 2 nitrogen and oxygen atoms in total. The van der Waals surface area contributed by atoms with Crippen molar-refractivity contribution in [2.24, 2.45) is 0 Å². The zero-order valence-corrected chi connectivity index (χ0v) is 13.5. The normalized spacial score (nSPS) is 11.5. The van der Waals surface area contributed by atoms with Gasteiger partial charge in [-0.05, 0) is 46.5 Å². The third-order valence-corrected chi connectivity index (χ3v) is 4.74. The van der Waals surface area contributed by atoms with Crippen molar-refractivity contribution in [3.63, 3.8) is 0 Å². The molecule has 0 fully saturated rings. The van der Waals surface area contributed by atoms with Crippen molar-refractivity contribution < 1.29 is 0 Å². The molecular weight excluding hydrogens is 316 g/mol. The summed E-state index contributed by atoms with van der Waals surface area (Å²) in [6.07, 6.45) is 1.90. The average molecular weight is 329 g/mol. The second-order valence-corrected chi connectivity index (χ2v) is 6.35. The molecule has 0 bridgehead atoms. The molecule has 0 unspecified atom stereocenters. The zero-order valence-electron chi connectivity index (χ0n) is 12.8. The second-order valence-electron chi connectivity index (χ2n) is 5.91. The summed E-state index contributed by atoms with van der Waals surface area (Å²) in [6.45, 7) is 0. The van der Waals surface area contributed by atoms with Gasteiger partial charge >= 0.3 is 0 Å². The number of aromatic nitrogens is 2. The first-order chi connectivity index (χ1) is 11.8. The minimum absolute atomic E-state index is 0.755.